The van der Waals surface area contributed by atoms with E-state index >= 15 is 0 Å². The number of carbonyl (C=O) groups is 2. The van der Waals surface area contributed by atoms with Crippen LogP contribution in [0.25, 0.3) is 5.76 Å². The van der Waals surface area contributed by atoms with Gasteiger partial charge in [0.1, 0.15) is 17.3 Å². The summed E-state index contributed by atoms with van der Waals surface area (Å²) in [4.78, 5) is 27.8. The maximum atomic E-state index is 14.9. The van der Waals surface area contributed by atoms with Crippen LogP contribution in [0.5, 0.6) is 5.75 Å². The normalized spacial score (nSPS) is 23.1. The molecule has 1 atom stereocenters. The number of aliphatic hydroxyl groups excluding tert-OH is 1. The van der Waals surface area contributed by atoms with Crippen LogP contribution < -0.4 is 4.74 Å². The van der Waals surface area contributed by atoms with Crippen molar-refractivity contribution in [2.75, 3.05) is 6.61 Å². The first-order valence-electron chi connectivity index (χ1n) is 10.9. The summed E-state index contributed by atoms with van der Waals surface area (Å²) in [6.07, 6.45) is 5.26. The van der Waals surface area contributed by atoms with Crippen molar-refractivity contribution >= 4 is 17.4 Å². The molecule has 3 aliphatic rings. The molecule has 1 aliphatic carbocycles. The number of halogens is 1. The summed E-state index contributed by atoms with van der Waals surface area (Å²) < 4.78 is 20.4. The van der Waals surface area contributed by atoms with Gasteiger partial charge in [0.25, 0.3) is 11.7 Å². The number of carbonyl (C=O) groups excluding carboxylic acids is 2. The van der Waals surface area contributed by atoms with Crippen molar-refractivity contribution in [3.8, 4) is 5.75 Å². The third-order valence-electron chi connectivity index (χ3n) is 6.61. The summed E-state index contributed by atoms with van der Waals surface area (Å²) in [5, 5.41) is 11.2. The topological polar surface area (TPSA) is 66.8 Å². The number of nitrogens with zero attached hydrogens (tertiary/aromatic N) is 1. The van der Waals surface area contributed by atoms with E-state index in [-0.39, 0.29) is 22.9 Å². The summed E-state index contributed by atoms with van der Waals surface area (Å²) >= 11 is 0. The van der Waals surface area contributed by atoms with Crippen molar-refractivity contribution < 1.29 is 23.8 Å². The van der Waals surface area contributed by atoms with Gasteiger partial charge in [-0.05, 0) is 42.7 Å². The molecular formula is C25H24FNO4. The van der Waals surface area contributed by atoms with Crippen LogP contribution in [0.4, 0.5) is 4.39 Å². The van der Waals surface area contributed by atoms with Crippen LogP contribution in [0.15, 0.2) is 48.0 Å². The van der Waals surface area contributed by atoms with E-state index in [0.29, 0.717) is 18.6 Å². The molecule has 6 heteroatoms. The zero-order chi connectivity index (χ0) is 21.5. The Morgan fingerprint density at radius 2 is 1.84 bits per heavy atom. The molecule has 1 saturated heterocycles. The largest absolute Gasteiger partial charge is 0.507 e. The van der Waals surface area contributed by atoms with Gasteiger partial charge in [0, 0.05) is 23.6 Å². The van der Waals surface area contributed by atoms with Crippen LogP contribution in [-0.2, 0) is 16.0 Å². The second-order valence-corrected chi connectivity index (χ2v) is 8.44. The number of likely N-dealkylation sites (tertiary alicyclic amines) is 1. The number of hydrogen-bond acceptors (Lipinski definition) is 4. The zero-order valence-electron chi connectivity index (χ0n) is 17.1. The van der Waals surface area contributed by atoms with Crippen molar-refractivity contribution in [2.45, 2.75) is 50.6 Å². The molecule has 31 heavy (non-hydrogen) atoms. The molecule has 5 nitrogen and oxygen atoms in total. The Bertz CT molecular complexity index is 1090. The molecule has 2 fully saturated rings. The second kappa shape index (κ2) is 7.84. The fourth-order valence-corrected chi connectivity index (χ4v) is 5.08. The number of fused-ring (bicyclic) bond motifs is 1. The molecule has 1 N–H and O–H groups in total. The number of benzene rings is 2. The Hall–Kier alpha value is -3.15. The molecule has 2 aromatic carbocycles. The average Bonchev–Trinajstić information content (AvgIpc) is 3.36. The highest BCUT2D eigenvalue weighted by molar-refractivity contribution is 6.46. The van der Waals surface area contributed by atoms with E-state index in [2.05, 4.69) is 0 Å². The quantitative estimate of drug-likeness (QED) is 0.450. The van der Waals surface area contributed by atoms with Crippen LogP contribution in [0, 0.1) is 5.82 Å². The smallest absolute Gasteiger partial charge is 0.295 e. The van der Waals surface area contributed by atoms with Gasteiger partial charge in [0.05, 0.1) is 18.2 Å². The zero-order valence-corrected chi connectivity index (χ0v) is 17.1. The van der Waals surface area contributed by atoms with E-state index in [1.807, 2.05) is 0 Å². The Morgan fingerprint density at radius 3 is 2.61 bits per heavy atom. The van der Waals surface area contributed by atoms with Crippen molar-refractivity contribution in [3.05, 3.63) is 70.5 Å². The standard InChI is InChI=1S/C25H24FNO4/c26-19-9-5-4-8-18(19)22-21(23(28)16-10-11-20-15(14-16)12-13-31-20)24(29)25(30)27(22)17-6-2-1-3-7-17/h4-5,8-11,14,17,22,28H,1-3,6-7,12-13H2/b23-21+. The maximum absolute atomic E-state index is 14.9. The fraction of sp³-hybridized carbons (Fsp3) is 0.360. The first kappa shape index (κ1) is 19.8. The molecule has 0 aromatic heterocycles. The molecule has 1 amide bonds. The van der Waals surface area contributed by atoms with E-state index in [0.717, 1.165) is 43.4 Å². The molecule has 0 bridgehead atoms. The molecule has 0 spiro atoms. The van der Waals surface area contributed by atoms with Crippen molar-refractivity contribution in [1.82, 2.24) is 4.90 Å². The minimum Gasteiger partial charge on any atom is -0.507 e. The molecule has 2 aliphatic heterocycles. The maximum Gasteiger partial charge on any atom is 0.295 e. The molecule has 5 rings (SSSR count). The van der Waals surface area contributed by atoms with E-state index in [1.165, 1.54) is 11.0 Å². The van der Waals surface area contributed by atoms with Crippen LogP contribution in [-0.4, -0.2) is 34.3 Å². The van der Waals surface area contributed by atoms with Crippen molar-refractivity contribution in [1.29, 1.82) is 0 Å². The SMILES string of the molecule is O=C1C(=O)N(C2CCCCC2)C(c2ccccc2F)/C1=C(\O)c1ccc2c(c1)CCO2. The highest BCUT2D eigenvalue weighted by Crippen LogP contribution is 2.44. The van der Waals surface area contributed by atoms with Crippen LogP contribution in [0.1, 0.15) is 54.8 Å². The lowest BCUT2D eigenvalue weighted by molar-refractivity contribution is -0.141. The third kappa shape index (κ3) is 3.30. The number of hydrogen-bond donors (Lipinski definition) is 1. The lowest BCUT2D eigenvalue weighted by Crippen LogP contribution is -2.40. The Kier molecular flexibility index (Phi) is 5.00. The van der Waals surface area contributed by atoms with Crippen LogP contribution >= 0.6 is 0 Å². The van der Waals surface area contributed by atoms with Gasteiger partial charge in [0.2, 0.25) is 0 Å². The average molecular weight is 421 g/mol. The van der Waals surface area contributed by atoms with E-state index in [9.17, 15) is 19.1 Å². The van der Waals surface area contributed by atoms with Gasteiger partial charge in [-0.25, -0.2) is 4.39 Å². The van der Waals surface area contributed by atoms with Gasteiger partial charge in [-0.15, -0.1) is 0 Å². The van der Waals surface area contributed by atoms with Gasteiger partial charge in [-0.2, -0.15) is 0 Å². The van der Waals surface area contributed by atoms with Gasteiger partial charge >= 0.3 is 0 Å². The highest BCUT2D eigenvalue weighted by atomic mass is 19.1. The summed E-state index contributed by atoms with van der Waals surface area (Å²) in [5.41, 5.74) is 1.57. The lowest BCUT2D eigenvalue weighted by atomic mass is 9.90. The van der Waals surface area contributed by atoms with Gasteiger partial charge in [-0.3, -0.25) is 9.59 Å². The summed E-state index contributed by atoms with van der Waals surface area (Å²) in [6.45, 7) is 0.570. The predicted octanol–water partition coefficient (Wildman–Crippen LogP) is 4.52. The minimum absolute atomic E-state index is 0.0421. The third-order valence-corrected chi connectivity index (χ3v) is 6.61. The Balaban J connectivity index is 1.67. The fourth-order valence-electron chi connectivity index (χ4n) is 5.08. The molecule has 2 aromatic rings. The molecular weight excluding hydrogens is 397 g/mol. The summed E-state index contributed by atoms with van der Waals surface area (Å²) in [5.74, 6) is -1.42. The highest BCUT2D eigenvalue weighted by Gasteiger charge is 2.49. The number of rotatable bonds is 3. The lowest BCUT2D eigenvalue weighted by Gasteiger charge is -2.35. The van der Waals surface area contributed by atoms with E-state index in [4.69, 9.17) is 4.74 Å². The van der Waals surface area contributed by atoms with Crippen LogP contribution in [0.3, 0.4) is 0 Å². The molecule has 1 saturated carbocycles. The molecule has 160 valence electrons. The van der Waals surface area contributed by atoms with E-state index < -0.39 is 23.5 Å². The molecule has 1 unspecified atom stereocenters. The van der Waals surface area contributed by atoms with Gasteiger partial charge in [-0.1, -0.05) is 37.5 Å². The first-order chi connectivity index (χ1) is 15.1. The van der Waals surface area contributed by atoms with Gasteiger partial charge < -0.3 is 14.7 Å². The van der Waals surface area contributed by atoms with Crippen LogP contribution in [0.2, 0.25) is 0 Å². The second-order valence-electron chi connectivity index (χ2n) is 8.44. The Labute approximate surface area is 180 Å². The van der Waals surface area contributed by atoms with Crippen molar-refractivity contribution in [2.24, 2.45) is 0 Å². The number of ether oxygens (including phenoxy) is 1. The predicted molar refractivity (Wildman–Crippen MR) is 113 cm³/mol. The van der Waals surface area contributed by atoms with E-state index in [1.54, 1.807) is 36.4 Å². The Morgan fingerprint density at radius 1 is 1.06 bits per heavy atom. The summed E-state index contributed by atoms with van der Waals surface area (Å²) in [6, 6.07) is 10.3. The minimum atomic E-state index is -0.936. The summed E-state index contributed by atoms with van der Waals surface area (Å²) in [7, 11) is 0. The molecule has 0 radical (unpaired) electrons. The number of amides is 1. The number of aliphatic hydroxyl groups is 1. The number of Topliss-reactive ketones (excluding diaryl/α,β-unsaturated/α-hetero) is 1. The first-order valence-corrected chi connectivity index (χ1v) is 10.9. The van der Waals surface area contributed by atoms with Crippen molar-refractivity contribution in [3.63, 3.8) is 0 Å². The van der Waals surface area contributed by atoms with Gasteiger partial charge in [0.15, 0.2) is 0 Å². The monoisotopic (exact) mass is 421 g/mol. The molecule has 2 heterocycles. The number of ketones is 1.